The lowest BCUT2D eigenvalue weighted by atomic mass is 9.47. The number of carbonyl (C=O) groups is 1. The number of fused-ring (bicyclic) bond motifs is 5. The quantitative estimate of drug-likeness (QED) is 0.685. The number of carbonyl (C=O) groups excluding carboxylic acids is 1. The fourth-order valence-corrected chi connectivity index (χ4v) is 7.20. The van der Waals surface area contributed by atoms with Gasteiger partial charge in [-0.25, -0.2) is 4.79 Å². The van der Waals surface area contributed by atoms with Crippen molar-refractivity contribution in [3.8, 4) is 0 Å². The van der Waals surface area contributed by atoms with E-state index < -0.39 is 0 Å². The number of ether oxygens (including phenoxy) is 2. The number of methoxy groups -OCH3 is 1. The summed E-state index contributed by atoms with van der Waals surface area (Å²) in [5.74, 6) is 3.34. The fourth-order valence-electron chi connectivity index (χ4n) is 7.20. The highest BCUT2D eigenvalue weighted by molar-refractivity contribution is 5.83. The van der Waals surface area contributed by atoms with Crippen molar-refractivity contribution in [3.05, 3.63) is 12.2 Å². The van der Waals surface area contributed by atoms with Crippen LogP contribution < -0.4 is 0 Å². The highest BCUT2D eigenvalue weighted by Gasteiger charge is 2.61. The highest BCUT2D eigenvalue weighted by Crippen LogP contribution is 2.66. The maximum Gasteiger partial charge on any atom is 0.330 e. The fraction of sp³-hybridized carbons (Fsp3) is 0.864. The summed E-state index contributed by atoms with van der Waals surface area (Å²) in [6, 6.07) is 0. The summed E-state index contributed by atoms with van der Waals surface area (Å²) in [6.07, 6.45) is 10.5. The predicted octanol–water partition coefficient (Wildman–Crippen LogP) is 4.61. The molecular weight excluding hydrogens is 312 g/mol. The van der Waals surface area contributed by atoms with Crippen LogP contribution in [-0.4, -0.2) is 25.3 Å². The normalized spacial score (nSPS) is 52.8. The second kappa shape index (κ2) is 5.84. The van der Waals surface area contributed by atoms with Crippen molar-refractivity contribution in [3.63, 3.8) is 0 Å². The van der Waals surface area contributed by atoms with Gasteiger partial charge in [0.05, 0.1) is 6.10 Å². The van der Waals surface area contributed by atoms with Crippen molar-refractivity contribution in [2.24, 2.45) is 40.4 Å². The third-order valence-corrected chi connectivity index (χ3v) is 8.74. The Labute approximate surface area is 152 Å². The van der Waals surface area contributed by atoms with E-state index in [-0.39, 0.29) is 17.5 Å². The van der Waals surface area contributed by atoms with Gasteiger partial charge in [-0.3, -0.25) is 0 Å². The Balaban J connectivity index is 1.66. The van der Waals surface area contributed by atoms with E-state index in [4.69, 9.17) is 9.47 Å². The third kappa shape index (κ3) is 2.52. The summed E-state index contributed by atoms with van der Waals surface area (Å²) in [4.78, 5) is 11.8. The molecule has 0 amide bonds. The molecule has 0 aromatic carbocycles. The van der Waals surface area contributed by atoms with Crippen LogP contribution >= 0.6 is 0 Å². The molecule has 0 aromatic heterocycles. The molecule has 0 radical (unpaired) electrons. The third-order valence-electron chi connectivity index (χ3n) is 8.74. The lowest BCUT2D eigenvalue weighted by Crippen LogP contribution is -2.57. The monoisotopic (exact) mass is 346 g/mol. The summed E-state index contributed by atoms with van der Waals surface area (Å²) in [7, 11) is 1.85. The molecule has 3 aliphatic carbocycles. The van der Waals surface area contributed by atoms with Crippen molar-refractivity contribution in [1.29, 1.82) is 0 Å². The molecule has 1 heterocycles. The minimum atomic E-state index is -0.149. The molecule has 3 fully saturated rings. The van der Waals surface area contributed by atoms with Gasteiger partial charge in [0, 0.05) is 18.6 Å². The van der Waals surface area contributed by atoms with Crippen molar-refractivity contribution >= 4 is 5.97 Å². The Bertz CT molecular complexity index is 584. The number of rotatable bonds is 2. The van der Waals surface area contributed by atoms with Crippen LogP contribution in [0.3, 0.4) is 0 Å². The molecule has 4 rings (SSSR count). The zero-order valence-corrected chi connectivity index (χ0v) is 16.5. The number of hydrogen-bond donors (Lipinski definition) is 0. The van der Waals surface area contributed by atoms with E-state index in [1.54, 1.807) is 6.08 Å². The first-order chi connectivity index (χ1) is 11.8. The minimum absolute atomic E-state index is 0.0252. The van der Waals surface area contributed by atoms with Crippen molar-refractivity contribution in [2.45, 2.75) is 72.0 Å². The van der Waals surface area contributed by atoms with Crippen LogP contribution in [0.15, 0.2) is 12.2 Å². The first-order valence-electron chi connectivity index (χ1n) is 10.2. The van der Waals surface area contributed by atoms with Gasteiger partial charge in [-0.05, 0) is 74.0 Å². The Morgan fingerprint density at radius 3 is 2.76 bits per heavy atom. The maximum atomic E-state index is 11.8. The molecular formula is C22H34O3. The Hall–Kier alpha value is -0.830. The molecule has 0 bridgehead atoms. The Kier molecular flexibility index (Phi) is 4.10. The molecule has 1 aliphatic heterocycles. The number of esters is 1. The molecule has 3 nitrogen and oxygen atoms in total. The van der Waals surface area contributed by atoms with Crippen LogP contribution in [0.4, 0.5) is 0 Å². The number of hydrogen-bond acceptors (Lipinski definition) is 3. The highest BCUT2D eigenvalue weighted by atomic mass is 16.5. The van der Waals surface area contributed by atoms with Crippen LogP contribution in [0.1, 0.15) is 59.8 Å². The van der Waals surface area contributed by atoms with Gasteiger partial charge in [0.15, 0.2) is 0 Å². The summed E-state index contributed by atoms with van der Waals surface area (Å²) in [6.45, 7) is 9.53. The van der Waals surface area contributed by atoms with Gasteiger partial charge < -0.3 is 9.47 Å². The van der Waals surface area contributed by atoms with Crippen molar-refractivity contribution < 1.29 is 14.3 Å². The SMILES string of the molecule is COC(C)C1C[C@H]2[C@@H]3C(C)CC4OC(=O)C=C[C@]4(C)[C@@H]3CC[C@]2(C)C1. The summed E-state index contributed by atoms with van der Waals surface area (Å²) in [5, 5.41) is 0. The molecule has 0 N–H and O–H groups in total. The van der Waals surface area contributed by atoms with E-state index in [1.165, 1.54) is 25.7 Å². The Morgan fingerprint density at radius 2 is 2.04 bits per heavy atom. The topological polar surface area (TPSA) is 35.5 Å². The zero-order chi connectivity index (χ0) is 18.0. The summed E-state index contributed by atoms with van der Waals surface area (Å²) >= 11 is 0. The molecule has 9 atom stereocenters. The van der Waals surface area contributed by atoms with Crippen molar-refractivity contribution in [1.82, 2.24) is 0 Å². The van der Waals surface area contributed by atoms with Crippen LogP contribution in [0.2, 0.25) is 0 Å². The zero-order valence-electron chi connectivity index (χ0n) is 16.5. The predicted molar refractivity (Wildman–Crippen MR) is 97.9 cm³/mol. The molecule has 3 saturated carbocycles. The van der Waals surface area contributed by atoms with E-state index in [9.17, 15) is 4.79 Å². The van der Waals surface area contributed by atoms with Gasteiger partial charge in [0.1, 0.15) is 6.10 Å². The summed E-state index contributed by atoms with van der Waals surface area (Å²) in [5.41, 5.74) is 0.489. The van der Waals surface area contributed by atoms with Crippen LogP contribution in [0.25, 0.3) is 0 Å². The van der Waals surface area contributed by atoms with E-state index in [0.29, 0.717) is 29.3 Å². The molecule has 4 aliphatic rings. The van der Waals surface area contributed by atoms with E-state index in [1.807, 2.05) is 7.11 Å². The average molecular weight is 347 g/mol. The average Bonchev–Trinajstić information content (AvgIpc) is 2.93. The van der Waals surface area contributed by atoms with E-state index >= 15 is 0 Å². The molecule has 0 spiro atoms. The molecule has 140 valence electrons. The summed E-state index contributed by atoms with van der Waals surface area (Å²) < 4.78 is 11.5. The van der Waals surface area contributed by atoms with Gasteiger partial charge in [-0.1, -0.05) is 26.8 Å². The van der Waals surface area contributed by atoms with Gasteiger partial charge >= 0.3 is 5.97 Å². The van der Waals surface area contributed by atoms with Crippen LogP contribution in [0, 0.1) is 40.4 Å². The van der Waals surface area contributed by atoms with Crippen LogP contribution in [-0.2, 0) is 14.3 Å². The molecule has 4 unspecified atom stereocenters. The van der Waals surface area contributed by atoms with Gasteiger partial charge in [0.2, 0.25) is 0 Å². The van der Waals surface area contributed by atoms with E-state index in [2.05, 4.69) is 33.8 Å². The Morgan fingerprint density at radius 1 is 1.28 bits per heavy atom. The molecule has 3 heteroatoms. The minimum Gasteiger partial charge on any atom is -0.458 e. The van der Waals surface area contributed by atoms with Crippen molar-refractivity contribution in [2.75, 3.05) is 7.11 Å². The largest absolute Gasteiger partial charge is 0.458 e. The second-order valence-corrected chi connectivity index (χ2v) is 9.96. The maximum absolute atomic E-state index is 11.8. The first-order valence-corrected chi connectivity index (χ1v) is 10.2. The van der Waals surface area contributed by atoms with E-state index in [0.717, 1.165) is 18.3 Å². The second-order valence-electron chi connectivity index (χ2n) is 9.96. The molecule has 25 heavy (non-hydrogen) atoms. The van der Waals surface area contributed by atoms with Gasteiger partial charge in [0.25, 0.3) is 0 Å². The van der Waals surface area contributed by atoms with Crippen LogP contribution in [0.5, 0.6) is 0 Å². The lowest BCUT2D eigenvalue weighted by Gasteiger charge is -2.59. The smallest absolute Gasteiger partial charge is 0.330 e. The standard InChI is InChI=1S/C22H34O3/c1-13-10-18-22(4,9-7-19(23)25-18)16-6-8-21(3)12-15(14(2)24-5)11-17(21)20(13)16/h7,9,13-18,20H,6,8,10-12H2,1-5H3/t13?,14?,15?,16-,17+,18?,20-,21-,22-/m1/s1. The lowest BCUT2D eigenvalue weighted by molar-refractivity contribution is -0.173. The van der Waals surface area contributed by atoms with Gasteiger partial charge in [-0.15, -0.1) is 0 Å². The first kappa shape index (κ1) is 17.6. The molecule has 0 saturated heterocycles. The molecule has 0 aromatic rings. The van der Waals surface area contributed by atoms with Gasteiger partial charge in [-0.2, -0.15) is 0 Å².